The maximum absolute atomic E-state index is 12.1. The monoisotopic (exact) mass is 332 g/mol. The van der Waals surface area contributed by atoms with Gasteiger partial charge in [0.1, 0.15) is 11.6 Å². The third-order valence-corrected chi connectivity index (χ3v) is 4.29. The van der Waals surface area contributed by atoms with Gasteiger partial charge >= 0.3 is 0 Å². The number of hydrogen-bond acceptors (Lipinski definition) is 6. The molecule has 1 N–H and O–H groups in total. The number of rotatable bonds is 6. The first-order valence-corrected chi connectivity index (χ1v) is 8.53. The van der Waals surface area contributed by atoms with Crippen LogP contribution >= 0.6 is 0 Å². The molecule has 1 amide bonds. The molecule has 0 radical (unpaired) electrons. The van der Waals surface area contributed by atoms with Crippen molar-refractivity contribution in [1.29, 1.82) is 0 Å². The highest BCUT2D eigenvalue weighted by Gasteiger charge is 2.22. The molecule has 1 unspecified atom stereocenters. The summed E-state index contributed by atoms with van der Waals surface area (Å²) in [6.07, 6.45) is 3.56. The Bertz CT molecular complexity index is 705. The molecule has 1 aliphatic heterocycles. The van der Waals surface area contributed by atoms with E-state index < -0.39 is 0 Å². The fourth-order valence-corrected chi connectivity index (χ4v) is 2.88. The smallest absolute Gasteiger partial charge is 0.226 e. The standard InChI is InChI=1S/C16H24N6O2/c1-10(2)16-18-15(24-21-16)6-4-5-14(23)17-12-7-8-13-20-19-11(3)22(13)9-12/h10,12H,4-9H2,1-3H3,(H,17,23). The number of nitrogens with zero attached hydrogens (tertiary/aromatic N) is 5. The molecule has 8 nitrogen and oxygen atoms in total. The van der Waals surface area contributed by atoms with Crippen molar-refractivity contribution in [2.24, 2.45) is 0 Å². The third kappa shape index (κ3) is 3.80. The van der Waals surface area contributed by atoms with Gasteiger partial charge in [0.05, 0.1) is 0 Å². The van der Waals surface area contributed by atoms with Crippen LogP contribution in [-0.2, 0) is 24.2 Å². The zero-order valence-corrected chi connectivity index (χ0v) is 14.4. The Balaban J connectivity index is 1.42. The predicted molar refractivity (Wildman–Crippen MR) is 86.3 cm³/mol. The lowest BCUT2D eigenvalue weighted by molar-refractivity contribution is -0.122. The van der Waals surface area contributed by atoms with Crippen molar-refractivity contribution in [1.82, 2.24) is 30.2 Å². The maximum Gasteiger partial charge on any atom is 0.226 e. The number of aryl methyl sites for hydroxylation is 3. The summed E-state index contributed by atoms with van der Waals surface area (Å²) < 4.78 is 7.27. The number of carbonyl (C=O) groups is 1. The van der Waals surface area contributed by atoms with E-state index in [1.807, 2.05) is 20.8 Å². The van der Waals surface area contributed by atoms with Gasteiger partial charge in [0.15, 0.2) is 5.82 Å². The minimum absolute atomic E-state index is 0.0674. The zero-order valence-electron chi connectivity index (χ0n) is 14.4. The van der Waals surface area contributed by atoms with Crippen LogP contribution in [0.5, 0.6) is 0 Å². The van der Waals surface area contributed by atoms with Gasteiger partial charge in [-0.05, 0) is 19.8 Å². The van der Waals surface area contributed by atoms with Gasteiger partial charge in [0, 0.05) is 37.8 Å². The molecule has 2 aromatic rings. The number of hydrogen-bond donors (Lipinski definition) is 1. The van der Waals surface area contributed by atoms with Crippen LogP contribution in [0.1, 0.15) is 62.4 Å². The summed E-state index contributed by atoms with van der Waals surface area (Å²) >= 11 is 0. The van der Waals surface area contributed by atoms with Gasteiger partial charge in [-0.3, -0.25) is 4.79 Å². The summed E-state index contributed by atoms with van der Waals surface area (Å²) in [7, 11) is 0. The molecule has 0 aromatic carbocycles. The average molecular weight is 332 g/mol. The zero-order chi connectivity index (χ0) is 17.1. The predicted octanol–water partition coefficient (Wildman–Crippen LogP) is 1.55. The van der Waals surface area contributed by atoms with Crippen molar-refractivity contribution in [2.75, 3.05) is 0 Å². The summed E-state index contributed by atoms with van der Waals surface area (Å²) in [5.74, 6) is 3.56. The quantitative estimate of drug-likeness (QED) is 0.861. The van der Waals surface area contributed by atoms with Crippen molar-refractivity contribution in [3.05, 3.63) is 23.4 Å². The second kappa shape index (κ2) is 7.11. The van der Waals surface area contributed by atoms with Crippen LogP contribution in [0.2, 0.25) is 0 Å². The van der Waals surface area contributed by atoms with E-state index in [2.05, 4.69) is 30.2 Å². The van der Waals surface area contributed by atoms with Crippen molar-refractivity contribution in [2.45, 2.75) is 71.4 Å². The van der Waals surface area contributed by atoms with Crippen molar-refractivity contribution in [3.63, 3.8) is 0 Å². The largest absolute Gasteiger partial charge is 0.352 e. The first-order valence-electron chi connectivity index (χ1n) is 8.53. The summed E-state index contributed by atoms with van der Waals surface area (Å²) in [4.78, 5) is 16.5. The number of nitrogens with one attached hydrogen (secondary N) is 1. The highest BCUT2D eigenvalue weighted by Crippen LogP contribution is 2.15. The first kappa shape index (κ1) is 16.6. The highest BCUT2D eigenvalue weighted by atomic mass is 16.5. The average Bonchev–Trinajstić information content (AvgIpc) is 3.15. The summed E-state index contributed by atoms with van der Waals surface area (Å²) in [6, 6.07) is 0.149. The molecule has 130 valence electrons. The molecule has 0 saturated heterocycles. The van der Waals surface area contributed by atoms with E-state index in [9.17, 15) is 4.79 Å². The van der Waals surface area contributed by atoms with E-state index in [0.717, 1.165) is 36.9 Å². The minimum Gasteiger partial charge on any atom is -0.352 e. The molecule has 24 heavy (non-hydrogen) atoms. The molecule has 0 saturated carbocycles. The van der Waals surface area contributed by atoms with Crippen LogP contribution in [0.25, 0.3) is 0 Å². The Morgan fingerprint density at radius 3 is 3.00 bits per heavy atom. The lowest BCUT2D eigenvalue weighted by atomic mass is 10.1. The van der Waals surface area contributed by atoms with E-state index in [1.54, 1.807) is 0 Å². The Hall–Kier alpha value is -2.25. The van der Waals surface area contributed by atoms with Crippen LogP contribution in [0.15, 0.2) is 4.52 Å². The van der Waals surface area contributed by atoms with Gasteiger partial charge < -0.3 is 14.4 Å². The first-order chi connectivity index (χ1) is 11.5. The summed E-state index contributed by atoms with van der Waals surface area (Å²) in [5.41, 5.74) is 0. The summed E-state index contributed by atoms with van der Waals surface area (Å²) in [6.45, 7) is 6.74. The molecule has 0 bridgehead atoms. The topological polar surface area (TPSA) is 98.7 Å². The van der Waals surface area contributed by atoms with E-state index in [-0.39, 0.29) is 17.9 Å². The van der Waals surface area contributed by atoms with Crippen LogP contribution in [0.4, 0.5) is 0 Å². The van der Waals surface area contributed by atoms with E-state index in [0.29, 0.717) is 25.2 Å². The SMILES string of the molecule is Cc1nnc2n1CC(NC(=O)CCCc1nc(C(C)C)no1)CC2. The van der Waals surface area contributed by atoms with Crippen LogP contribution in [0.3, 0.4) is 0 Å². The Morgan fingerprint density at radius 1 is 1.42 bits per heavy atom. The van der Waals surface area contributed by atoms with E-state index in [1.165, 1.54) is 0 Å². The molecule has 1 aliphatic rings. The molecule has 0 spiro atoms. The fraction of sp³-hybridized carbons (Fsp3) is 0.688. The molecule has 3 heterocycles. The highest BCUT2D eigenvalue weighted by molar-refractivity contribution is 5.76. The number of amides is 1. The number of carbonyl (C=O) groups excluding carboxylic acids is 1. The molecular weight excluding hydrogens is 308 g/mol. The third-order valence-electron chi connectivity index (χ3n) is 4.29. The summed E-state index contributed by atoms with van der Waals surface area (Å²) in [5, 5.41) is 15.3. The van der Waals surface area contributed by atoms with Crippen LogP contribution in [0, 0.1) is 6.92 Å². The van der Waals surface area contributed by atoms with Crippen LogP contribution in [-0.4, -0.2) is 36.9 Å². The molecule has 0 fully saturated rings. The molecule has 2 aromatic heterocycles. The number of fused-ring (bicyclic) bond motifs is 1. The Kier molecular flexibility index (Phi) is 4.92. The molecule has 0 aliphatic carbocycles. The number of aromatic nitrogens is 5. The molecule has 8 heteroatoms. The molecule has 1 atom stereocenters. The van der Waals surface area contributed by atoms with Gasteiger partial charge in [0.2, 0.25) is 11.8 Å². The van der Waals surface area contributed by atoms with Gasteiger partial charge in [-0.2, -0.15) is 4.98 Å². The normalized spacial score (nSPS) is 17.1. The fourth-order valence-electron chi connectivity index (χ4n) is 2.88. The second-order valence-electron chi connectivity index (χ2n) is 6.63. The van der Waals surface area contributed by atoms with Gasteiger partial charge in [-0.15, -0.1) is 10.2 Å². The Labute approximate surface area is 141 Å². The maximum atomic E-state index is 12.1. The van der Waals surface area contributed by atoms with Crippen molar-refractivity contribution in [3.8, 4) is 0 Å². The van der Waals surface area contributed by atoms with Crippen molar-refractivity contribution >= 4 is 5.91 Å². The Morgan fingerprint density at radius 2 is 2.25 bits per heavy atom. The second-order valence-corrected chi connectivity index (χ2v) is 6.63. The van der Waals surface area contributed by atoms with E-state index in [4.69, 9.17) is 4.52 Å². The minimum atomic E-state index is 0.0674. The van der Waals surface area contributed by atoms with Gasteiger partial charge in [0.25, 0.3) is 0 Å². The van der Waals surface area contributed by atoms with Gasteiger partial charge in [-0.1, -0.05) is 19.0 Å². The molecule has 3 rings (SSSR count). The lowest BCUT2D eigenvalue weighted by Gasteiger charge is -2.24. The molecular formula is C16H24N6O2. The lowest BCUT2D eigenvalue weighted by Crippen LogP contribution is -2.41. The van der Waals surface area contributed by atoms with Gasteiger partial charge in [-0.25, -0.2) is 0 Å². The van der Waals surface area contributed by atoms with Crippen LogP contribution < -0.4 is 5.32 Å². The van der Waals surface area contributed by atoms with E-state index >= 15 is 0 Å². The van der Waals surface area contributed by atoms with Crippen molar-refractivity contribution < 1.29 is 9.32 Å².